The number of rotatable bonds is 4. The molecule has 8 nitrogen and oxygen atoms in total. The molecule has 1 aromatic rings. The lowest BCUT2D eigenvalue weighted by Gasteiger charge is -2.23. The van der Waals surface area contributed by atoms with Gasteiger partial charge in [-0.1, -0.05) is 0 Å². The number of sulfonamides is 1. The SMILES string of the molecule is CC1(NS(=O)(=O)c2ccnc(NN)c2)CCS(=O)(=O)C1. The Morgan fingerprint density at radius 3 is 2.70 bits per heavy atom. The topological polar surface area (TPSA) is 131 Å². The Kier molecular flexibility index (Phi) is 3.75. The predicted molar refractivity (Wildman–Crippen MR) is 74.0 cm³/mol. The lowest BCUT2D eigenvalue weighted by Crippen LogP contribution is -2.46. The highest BCUT2D eigenvalue weighted by molar-refractivity contribution is 7.92. The highest BCUT2D eigenvalue weighted by Crippen LogP contribution is 2.25. The van der Waals surface area contributed by atoms with Crippen LogP contribution in [0.4, 0.5) is 5.82 Å². The molecule has 1 unspecified atom stereocenters. The largest absolute Gasteiger partial charge is 0.308 e. The molecule has 1 aromatic heterocycles. The van der Waals surface area contributed by atoms with Gasteiger partial charge >= 0.3 is 0 Å². The molecule has 2 rings (SSSR count). The van der Waals surface area contributed by atoms with Crippen LogP contribution in [0.5, 0.6) is 0 Å². The molecule has 10 heteroatoms. The first-order chi connectivity index (χ1) is 9.16. The van der Waals surface area contributed by atoms with Crippen LogP contribution >= 0.6 is 0 Å². The zero-order valence-electron chi connectivity index (χ0n) is 10.8. The van der Waals surface area contributed by atoms with Crippen LogP contribution in [0.25, 0.3) is 0 Å². The van der Waals surface area contributed by atoms with E-state index in [1.807, 2.05) is 0 Å². The minimum atomic E-state index is -3.83. The summed E-state index contributed by atoms with van der Waals surface area (Å²) in [6.45, 7) is 1.58. The first-order valence-corrected chi connectivity index (χ1v) is 9.13. The summed E-state index contributed by atoms with van der Waals surface area (Å²) < 4.78 is 50.0. The standard InChI is InChI=1S/C10H16N4O4S2/c1-10(3-5-19(15,16)7-10)14-20(17,18)8-2-4-12-9(6-8)13-11/h2,4,6,14H,3,5,7,11H2,1H3,(H,12,13). The lowest BCUT2D eigenvalue weighted by atomic mass is 10.0. The summed E-state index contributed by atoms with van der Waals surface area (Å²) in [7, 11) is -7.03. The van der Waals surface area contributed by atoms with Crippen molar-refractivity contribution in [2.45, 2.75) is 23.8 Å². The third-order valence-electron chi connectivity index (χ3n) is 3.07. The number of pyridine rings is 1. The van der Waals surface area contributed by atoms with E-state index in [2.05, 4.69) is 15.1 Å². The summed E-state index contributed by atoms with van der Waals surface area (Å²) in [5, 5.41) is 0. The second-order valence-electron chi connectivity index (χ2n) is 5.03. The second kappa shape index (κ2) is 4.95. The molecule has 0 aromatic carbocycles. The molecule has 1 saturated heterocycles. The highest BCUT2D eigenvalue weighted by Gasteiger charge is 2.41. The molecule has 0 bridgehead atoms. The number of nitrogen functional groups attached to an aromatic ring is 1. The van der Waals surface area contributed by atoms with Crippen LogP contribution in [-0.2, 0) is 19.9 Å². The third kappa shape index (κ3) is 3.26. The van der Waals surface area contributed by atoms with E-state index in [0.717, 1.165) is 0 Å². The minimum absolute atomic E-state index is 0.0159. The van der Waals surface area contributed by atoms with E-state index in [1.54, 1.807) is 6.92 Å². The van der Waals surface area contributed by atoms with Crippen LogP contribution < -0.4 is 16.0 Å². The molecule has 0 spiro atoms. The fourth-order valence-corrected chi connectivity index (χ4v) is 5.76. The molecule has 0 saturated carbocycles. The summed E-state index contributed by atoms with van der Waals surface area (Å²) in [5.41, 5.74) is 1.27. The smallest absolute Gasteiger partial charge is 0.241 e. The highest BCUT2D eigenvalue weighted by atomic mass is 32.2. The van der Waals surface area contributed by atoms with Gasteiger partial charge in [0.1, 0.15) is 5.82 Å². The van der Waals surface area contributed by atoms with Gasteiger partial charge in [0.2, 0.25) is 10.0 Å². The minimum Gasteiger partial charge on any atom is -0.308 e. The second-order valence-corrected chi connectivity index (χ2v) is 8.90. The molecule has 20 heavy (non-hydrogen) atoms. The van der Waals surface area contributed by atoms with E-state index in [4.69, 9.17) is 5.84 Å². The Hall–Kier alpha value is -1.23. The average molecular weight is 320 g/mol. The van der Waals surface area contributed by atoms with Gasteiger partial charge in [-0.2, -0.15) is 0 Å². The van der Waals surface area contributed by atoms with Crippen LogP contribution in [0.15, 0.2) is 23.2 Å². The van der Waals surface area contributed by atoms with Gasteiger partial charge in [-0.15, -0.1) is 0 Å². The Morgan fingerprint density at radius 2 is 2.15 bits per heavy atom. The van der Waals surface area contributed by atoms with Crippen molar-refractivity contribution in [2.75, 3.05) is 16.9 Å². The molecular weight excluding hydrogens is 304 g/mol. The van der Waals surface area contributed by atoms with Crippen molar-refractivity contribution in [2.24, 2.45) is 5.84 Å². The van der Waals surface area contributed by atoms with Crippen molar-refractivity contribution in [3.05, 3.63) is 18.3 Å². The Bertz CT molecular complexity index is 717. The Morgan fingerprint density at radius 1 is 1.45 bits per heavy atom. The fourth-order valence-electron chi connectivity index (χ4n) is 2.13. The maximum atomic E-state index is 12.3. The third-order valence-corrected chi connectivity index (χ3v) is 6.61. The van der Waals surface area contributed by atoms with E-state index in [0.29, 0.717) is 0 Å². The van der Waals surface area contributed by atoms with E-state index in [9.17, 15) is 16.8 Å². The van der Waals surface area contributed by atoms with Crippen LogP contribution in [-0.4, -0.2) is 38.9 Å². The van der Waals surface area contributed by atoms with E-state index < -0.39 is 25.4 Å². The number of hydrogen-bond acceptors (Lipinski definition) is 7. The van der Waals surface area contributed by atoms with Crippen molar-refractivity contribution >= 4 is 25.7 Å². The molecule has 1 aliphatic heterocycles. The van der Waals surface area contributed by atoms with Gasteiger partial charge in [-0.25, -0.2) is 32.4 Å². The molecule has 2 heterocycles. The monoisotopic (exact) mass is 320 g/mol. The summed E-state index contributed by atoms with van der Waals surface area (Å²) in [4.78, 5) is 3.80. The first-order valence-electron chi connectivity index (χ1n) is 5.83. The number of sulfone groups is 1. The lowest BCUT2D eigenvalue weighted by molar-refractivity contribution is 0.462. The van der Waals surface area contributed by atoms with Gasteiger partial charge in [0.05, 0.1) is 16.4 Å². The molecule has 0 radical (unpaired) electrons. The molecular formula is C10H16N4O4S2. The van der Waals surface area contributed by atoms with Crippen molar-refractivity contribution in [3.8, 4) is 0 Å². The zero-order chi connectivity index (χ0) is 15.0. The van der Waals surface area contributed by atoms with Gasteiger partial charge in [-0.3, -0.25) is 0 Å². The fraction of sp³-hybridized carbons (Fsp3) is 0.500. The number of aromatic nitrogens is 1. The van der Waals surface area contributed by atoms with Crippen molar-refractivity contribution < 1.29 is 16.8 Å². The van der Waals surface area contributed by atoms with Gasteiger partial charge < -0.3 is 5.43 Å². The molecule has 1 fully saturated rings. The molecule has 0 amide bonds. The van der Waals surface area contributed by atoms with Crippen LogP contribution in [0, 0.1) is 0 Å². The molecule has 1 aliphatic rings. The molecule has 1 atom stereocenters. The Balaban J connectivity index is 2.28. The van der Waals surface area contributed by atoms with E-state index in [1.165, 1.54) is 18.3 Å². The number of hydrogen-bond donors (Lipinski definition) is 3. The van der Waals surface area contributed by atoms with Crippen LogP contribution in [0.2, 0.25) is 0 Å². The summed E-state index contributed by atoms with van der Waals surface area (Å²) in [6, 6.07) is 2.59. The van der Waals surface area contributed by atoms with Gasteiger partial charge in [0, 0.05) is 17.8 Å². The predicted octanol–water partition coefficient (Wildman–Crippen LogP) is -0.777. The normalized spacial score (nSPS) is 25.5. The number of nitrogens with two attached hydrogens (primary N) is 1. The molecule has 112 valence electrons. The summed E-state index contributed by atoms with van der Waals surface area (Å²) >= 11 is 0. The van der Waals surface area contributed by atoms with E-state index >= 15 is 0 Å². The average Bonchev–Trinajstić information content (AvgIpc) is 2.62. The van der Waals surface area contributed by atoms with Crippen LogP contribution in [0.1, 0.15) is 13.3 Å². The number of nitrogens with one attached hydrogen (secondary N) is 2. The maximum absolute atomic E-state index is 12.3. The molecule has 0 aliphatic carbocycles. The number of nitrogens with zero attached hydrogens (tertiary/aromatic N) is 1. The Labute approximate surface area is 117 Å². The quantitative estimate of drug-likeness (QED) is 0.490. The van der Waals surface area contributed by atoms with Gasteiger partial charge in [-0.05, 0) is 19.4 Å². The van der Waals surface area contributed by atoms with Crippen LogP contribution in [0.3, 0.4) is 0 Å². The molecule has 4 N–H and O–H groups in total. The zero-order valence-corrected chi connectivity index (χ0v) is 12.5. The summed E-state index contributed by atoms with van der Waals surface area (Å²) in [6.07, 6.45) is 1.55. The first kappa shape index (κ1) is 15.2. The van der Waals surface area contributed by atoms with Gasteiger partial charge in [0.25, 0.3) is 0 Å². The summed E-state index contributed by atoms with van der Waals surface area (Å²) in [5.74, 6) is 5.17. The van der Waals surface area contributed by atoms with Crippen molar-refractivity contribution in [1.82, 2.24) is 9.71 Å². The maximum Gasteiger partial charge on any atom is 0.241 e. The van der Waals surface area contributed by atoms with E-state index in [-0.39, 0.29) is 28.6 Å². The number of anilines is 1. The van der Waals surface area contributed by atoms with Gasteiger partial charge in [0.15, 0.2) is 9.84 Å². The van der Waals surface area contributed by atoms with Crippen molar-refractivity contribution in [1.29, 1.82) is 0 Å². The number of hydrazine groups is 1. The van der Waals surface area contributed by atoms with Crippen molar-refractivity contribution in [3.63, 3.8) is 0 Å².